The monoisotopic (exact) mass is 779 g/mol. The first-order valence-electron chi connectivity index (χ1n) is 18.9. The lowest BCUT2D eigenvalue weighted by molar-refractivity contribution is -0.137. The van der Waals surface area contributed by atoms with Gasteiger partial charge in [-0.3, -0.25) is 14.6 Å². The van der Waals surface area contributed by atoms with Crippen molar-refractivity contribution in [3.8, 4) is 40.2 Å². The Hall–Kier alpha value is -5.72. The SMILES string of the molecule is COc1cc2c3cc1Oc1c(OC)c(OC)cc4c1[C@H](Cc1ccc(cc1)Oc1cc(ccc1C(=O)Nc1ccc(C(F)(F)F)cc1)C[C@H]3N(C)CC2)N(C)CC4. The summed E-state index contributed by atoms with van der Waals surface area (Å²) in [5.41, 5.74) is 6.04. The van der Waals surface area contributed by atoms with E-state index in [0.29, 0.717) is 53.1 Å². The van der Waals surface area contributed by atoms with Gasteiger partial charge in [0.1, 0.15) is 11.5 Å². The first kappa shape index (κ1) is 38.2. The molecule has 5 aromatic carbocycles. The van der Waals surface area contributed by atoms with Crippen molar-refractivity contribution in [1.29, 1.82) is 0 Å². The van der Waals surface area contributed by atoms with E-state index in [1.165, 1.54) is 12.1 Å². The number of hydrogen-bond donors (Lipinski definition) is 1. The van der Waals surface area contributed by atoms with Crippen LogP contribution in [0.1, 0.15) is 61.4 Å². The average molecular weight is 780 g/mol. The Morgan fingerprint density at radius 2 is 1.37 bits per heavy atom. The first-order valence-corrected chi connectivity index (χ1v) is 18.9. The zero-order chi connectivity index (χ0) is 40.0. The topological polar surface area (TPSA) is 81.7 Å². The Labute approximate surface area is 329 Å². The van der Waals surface area contributed by atoms with E-state index < -0.39 is 17.6 Å². The minimum absolute atomic E-state index is 0.0696. The summed E-state index contributed by atoms with van der Waals surface area (Å²) in [6.07, 6.45) is -1.64. The van der Waals surface area contributed by atoms with Crippen molar-refractivity contribution in [3.05, 3.63) is 129 Å². The number of rotatable bonds is 5. The van der Waals surface area contributed by atoms with Crippen molar-refractivity contribution >= 4 is 11.6 Å². The van der Waals surface area contributed by atoms with Crippen molar-refractivity contribution in [3.63, 3.8) is 0 Å². The van der Waals surface area contributed by atoms with Crippen molar-refractivity contribution in [2.75, 3.05) is 53.8 Å². The zero-order valence-corrected chi connectivity index (χ0v) is 32.5. The van der Waals surface area contributed by atoms with Crippen LogP contribution < -0.4 is 29.0 Å². The van der Waals surface area contributed by atoms with Crippen LogP contribution in [0.5, 0.6) is 40.2 Å². The molecule has 12 heteroatoms. The van der Waals surface area contributed by atoms with Crippen molar-refractivity contribution in [2.45, 2.75) is 43.9 Å². The van der Waals surface area contributed by atoms with Crippen LogP contribution in [0.15, 0.2) is 84.9 Å². The van der Waals surface area contributed by atoms with Gasteiger partial charge in [-0.05, 0) is 134 Å². The normalized spacial score (nSPS) is 18.0. The van der Waals surface area contributed by atoms with E-state index in [-0.39, 0.29) is 23.3 Å². The molecule has 0 aromatic heterocycles. The lowest BCUT2D eigenvalue weighted by Gasteiger charge is -2.37. The second-order valence-electron chi connectivity index (χ2n) is 14.8. The number of likely N-dealkylation sites (N-methyl/N-ethyl adjacent to an activating group) is 2. The van der Waals surface area contributed by atoms with Crippen LogP contribution >= 0.6 is 0 Å². The van der Waals surface area contributed by atoms with Gasteiger partial charge in [0, 0.05) is 36.4 Å². The van der Waals surface area contributed by atoms with Crippen LogP contribution in [0, 0.1) is 0 Å². The molecular weight excluding hydrogens is 736 g/mol. The zero-order valence-electron chi connectivity index (χ0n) is 32.5. The number of anilines is 1. The largest absolute Gasteiger partial charge is 0.493 e. The molecule has 0 saturated heterocycles. The maximum absolute atomic E-state index is 13.8. The number of halogens is 3. The Morgan fingerprint density at radius 1 is 0.719 bits per heavy atom. The van der Waals surface area contributed by atoms with Gasteiger partial charge in [-0.15, -0.1) is 0 Å². The Morgan fingerprint density at radius 3 is 2.05 bits per heavy atom. The van der Waals surface area contributed by atoms with Gasteiger partial charge < -0.3 is 29.0 Å². The third-order valence-corrected chi connectivity index (χ3v) is 11.4. The van der Waals surface area contributed by atoms with E-state index in [4.69, 9.17) is 23.7 Å². The number of nitrogens with one attached hydrogen (secondary N) is 1. The molecule has 2 atom stereocenters. The molecule has 0 radical (unpaired) electrons. The fourth-order valence-electron chi connectivity index (χ4n) is 8.25. The molecule has 0 aliphatic carbocycles. The van der Waals surface area contributed by atoms with Gasteiger partial charge in [-0.2, -0.15) is 13.2 Å². The number of carbonyl (C=O) groups is 1. The quantitative estimate of drug-likeness (QED) is 0.189. The smallest absolute Gasteiger partial charge is 0.416 e. The lowest BCUT2D eigenvalue weighted by Crippen LogP contribution is -2.34. The summed E-state index contributed by atoms with van der Waals surface area (Å²) >= 11 is 0. The Balaban J connectivity index is 1.25. The summed E-state index contributed by atoms with van der Waals surface area (Å²) < 4.78 is 71.1. The maximum Gasteiger partial charge on any atom is 0.416 e. The molecule has 4 heterocycles. The van der Waals surface area contributed by atoms with E-state index in [1.807, 2.05) is 36.4 Å². The molecule has 296 valence electrons. The number of alkyl halides is 3. The van der Waals surface area contributed by atoms with Gasteiger partial charge in [0.25, 0.3) is 5.91 Å². The molecule has 0 saturated carbocycles. The number of fused-ring (bicyclic) bond motifs is 2. The van der Waals surface area contributed by atoms with E-state index in [9.17, 15) is 18.0 Å². The van der Waals surface area contributed by atoms with Crippen LogP contribution in [0.2, 0.25) is 0 Å². The molecule has 1 amide bonds. The molecule has 6 bridgehead atoms. The van der Waals surface area contributed by atoms with E-state index in [2.05, 4.69) is 47.4 Å². The minimum Gasteiger partial charge on any atom is -0.493 e. The number of carbonyl (C=O) groups excluding carboxylic acids is 1. The number of amides is 1. The van der Waals surface area contributed by atoms with E-state index in [0.717, 1.165) is 71.4 Å². The molecule has 57 heavy (non-hydrogen) atoms. The van der Waals surface area contributed by atoms with Crippen LogP contribution in [-0.4, -0.2) is 64.2 Å². The number of ether oxygens (including phenoxy) is 5. The highest BCUT2D eigenvalue weighted by Gasteiger charge is 2.35. The fourth-order valence-corrected chi connectivity index (χ4v) is 8.25. The van der Waals surface area contributed by atoms with Gasteiger partial charge in [-0.1, -0.05) is 18.2 Å². The van der Waals surface area contributed by atoms with Gasteiger partial charge in [0.15, 0.2) is 23.0 Å². The molecule has 9 rings (SSSR count). The molecule has 1 N–H and O–H groups in total. The standard InChI is InChI=1S/C45H44F3N3O6/c1-50-18-16-28-23-38(53-3)39-25-34(28)35(50)21-27-8-15-33(44(52)49-31-11-9-30(10-12-31)45(46,47)48)37(22-27)56-32-13-6-26(7-14-32)20-36-41-29(17-19-51(36)2)24-40(54-4)42(55-5)43(41)57-39/h6-15,22-25,35-36H,16-21H2,1-5H3,(H,49,52)/t35-,36+/m1/s1. The van der Waals surface area contributed by atoms with Gasteiger partial charge in [-0.25, -0.2) is 0 Å². The molecule has 4 aliphatic heterocycles. The summed E-state index contributed by atoms with van der Waals surface area (Å²) in [5.74, 6) is 3.23. The summed E-state index contributed by atoms with van der Waals surface area (Å²) in [6.45, 7) is 1.65. The highest BCUT2D eigenvalue weighted by Crippen LogP contribution is 2.52. The van der Waals surface area contributed by atoms with E-state index >= 15 is 0 Å². The number of hydrogen-bond acceptors (Lipinski definition) is 8. The second-order valence-corrected chi connectivity index (χ2v) is 14.8. The highest BCUT2D eigenvalue weighted by molar-refractivity contribution is 6.06. The lowest BCUT2D eigenvalue weighted by atomic mass is 9.87. The van der Waals surface area contributed by atoms with E-state index in [1.54, 1.807) is 27.4 Å². The van der Waals surface area contributed by atoms with Crippen LogP contribution in [0.3, 0.4) is 0 Å². The Bertz CT molecular complexity index is 2310. The van der Waals surface area contributed by atoms with Crippen LogP contribution in [0.25, 0.3) is 0 Å². The molecule has 5 aromatic rings. The molecule has 0 spiro atoms. The van der Waals surface area contributed by atoms with Gasteiger partial charge >= 0.3 is 6.18 Å². The fraction of sp³-hybridized carbons (Fsp3) is 0.311. The highest BCUT2D eigenvalue weighted by atomic mass is 19.4. The molecule has 9 nitrogen and oxygen atoms in total. The Kier molecular flexibility index (Phi) is 10.3. The first-order chi connectivity index (χ1) is 27.4. The van der Waals surface area contributed by atoms with Crippen molar-refractivity contribution in [1.82, 2.24) is 9.80 Å². The number of benzene rings is 5. The molecule has 0 fully saturated rings. The van der Waals surface area contributed by atoms with Gasteiger partial charge in [0.05, 0.1) is 32.5 Å². The number of nitrogens with zero attached hydrogens (tertiary/aromatic N) is 2. The van der Waals surface area contributed by atoms with Crippen LogP contribution in [-0.2, 0) is 31.9 Å². The molecule has 4 aliphatic rings. The third kappa shape index (κ3) is 7.47. The second kappa shape index (κ2) is 15.3. The maximum atomic E-state index is 13.8. The number of methoxy groups -OCH3 is 3. The average Bonchev–Trinajstić information content (AvgIpc) is 3.20. The summed E-state index contributed by atoms with van der Waals surface area (Å²) in [5, 5.41) is 2.75. The van der Waals surface area contributed by atoms with Crippen molar-refractivity contribution < 1.29 is 41.7 Å². The molecule has 0 unspecified atom stereocenters. The predicted octanol–water partition coefficient (Wildman–Crippen LogP) is 9.42. The summed E-state index contributed by atoms with van der Waals surface area (Å²) in [6, 6.07) is 23.7. The third-order valence-electron chi connectivity index (χ3n) is 11.4. The predicted molar refractivity (Wildman–Crippen MR) is 211 cm³/mol. The summed E-state index contributed by atoms with van der Waals surface area (Å²) in [7, 11) is 9.12. The molecular formula is C45H44F3N3O6. The summed E-state index contributed by atoms with van der Waals surface area (Å²) in [4.78, 5) is 18.4. The van der Waals surface area contributed by atoms with Crippen molar-refractivity contribution in [2.24, 2.45) is 0 Å². The van der Waals surface area contributed by atoms with Gasteiger partial charge in [0.2, 0.25) is 5.75 Å². The van der Waals surface area contributed by atoms with Crippen LogP contribution in [0.4, 0.5) is 18.9 Å². The minimum atomic E-state index is -4.49.